The highest BCUT2D eigenvalue weighted by Crippen LogP contribution is 2.32. The molecule has 41 heavy (non-hydrogen) atoms. The molecule has 0 aromatic heterocycles. The van der Waals surface area contributed by atoms with Gasteiger partial charge in [0.25, 0.3) is 11.8 Å². The zero-order valence-corrected chi connectivity index (χ0v) is 22.8. The van der Waals surface area contributed by atoms with Gasteiger partial charge in [0.15, 0.2) is 11.5 Å². The van der Waals surface area contributed by atoms with Crippen LogP contribution < -0.4 is 25.4 Å². The fraction of sp³-hybridized carbons (Fsp3) is 0.0938. The van der Waals surface area contributed by atoms with Crippen molar-refractivity contribution in [2.45, 2.75) is 4.90 Å². The molecular weight excluding hydrogens is 538 g/mol. The molecule has 0 radical (unpaired) electrons. The molecule has 0 aliphatic carbocycles. The third-order valence-corrected chi connectivity index (χ3v) is 6.96. The molecule has 5 rings (SSSR count). The zero-order chi connectivity index (χ0) is 28.4. The Hall–Kier alpha value is -5.02. The topological polar surface area (TPSA) is 106 Å². The number of benzene rings is 4. The number of nitrogens with one attached hydrogen (secondary N) is 3. The molecule has 1 aliphatic heterocycles. The summed E-state index contributed by atoms with van der Waals surface area (Å²) in [4.78, 5) is 39.3. The van der Waals surface area contributed by atoms with Crippen molar-refractivity contribution >= 4 is 46.9 Å². The molecule has 0 spiro atoms. The maximum Gasteiger partial charge on any atom is 0.272 e. The van der Waals surface area contributed by atoms with E-state index in [1.807, 2.05) is 48.5 Å². The Kier molecular flexibility index (Phi) is 8.98. The fourth-order valence-corrected chi connectivity index (χ4v) is 4.66. The normalized spacial score (nSPS) is 12.2. The molecule has 1 aliphatic rings. The Bertz CT molecular complexity index is 1560. The third-order valence-electron chi connectivity index (χ3n) is 5.95. The van der Waals surface area contributed by atoms with Gasteiger partial charge in [0, 0.05) is 27.9 Å². The first-order chi connectivity index (χ1) is 20.0. The van der Waals surface area contributed by atoms with Crippen LogP contribution in [-0.2, 0) is 9.59 Å². The van der Waals surface area contributed by atoms with Crippen molar-refractivity contribution in [3.05, 3.63) is 120 Å². The quantitative estimate of drug-likeness (QED) is 0.180. The van der Waals surface area contributed by atoms with Crippen molar-refractivity contribution in [1.29, 1.82) is 0 Å². The minimum atomic E-state index is -0.461. The lowest BCUT2D eigenvalue weighted by atomic mass is 10.1. The van der Waals surface area contributed by atoms with Crippen LogP contribution in [0.2, 0.25) is 0 Å². The molecule has 0 saturated carbocycles. The van der Waals surface area contributed by atoms with Gasteiger partial charge >= 0.3 is 0 Å². The average molecular weight is 566 g/mol. The summed E-state index contributed by atoms with van der Waals surface area (Å²) in [5.41, 5.74) is 2.51. The lowest BCUT2D eigenvalue weighted by Crippen LogP contribution is -2.30. The SMILES string of the molecule is O=C(CSc1ccc(NC(=O)C(=Cc2ccccc2)NC(=O)c2ccccc2)cc1)Nc1ccc2c(c1)OCCO2. The summed E-state index contributed by atoms with van der Waals surface area (Å²) in [6, 6.07) is 30.4. The van der Waals surface area contributed by atoms with Crippen LogP contribution in [0.25, 0.3) is 6.08 Å². The van der Waals surface area contributed by atoms with Crippen molar-refractivity contribution in [3.8, 4) is 11.5 Å². The van der Waals surface area contributed by atoms with E-state index >= 15 is 0 Å². The largest absolute Gasteiger partial charge is 0.486 e. The second-order valence-corrected chi connectivity index (χ2v) is 10.0. The number of carbonyl (C=O) groups is 3. The summed E-state index contributed by atoms with van der Waals surface area (Å²) in [5.74, 6) is 0.476. The van der Waals surface area contributed by atoms with Gasteiger partial charge < -0.3 is 25.4 Å². The van der Waals surface area contributed by atoms with E-state index < -0.39 is 5.91 Å². The molecule has 0 bridgehead atoms. The highest BCUT2D eigenvalue weighted by molar-refractivity contribution is 8.00. The van der Waals surface area contributed by atoms with Crippen LogP contribution in [0.4, 0.5) is 11.4 Å². The second-order valence-electron chi connectivity index (χ2n) is 8.96. The Labute approximate surface area is 241 Å². The molecule has 206 valence electrons. The van der Waals surface area contributed by atoms with Crippen LogP contribution >= 0.6 is 11.8 Å². The van der Waals surface area contributed by atoms with E-state index in [1.54, 1.807) is 60.7 Å². The van der Waals surface area contributed by atoms with Gasteiger partial charge in [-0.15, -0.1) is 11.8 Å². The van der Waals surface area contributed by atoms with Gasteiger partial charge in [-0.1, -0.05) is 48.5 Å². The monoisotopic (exact) mass is 565 g/mol. The highest BCUT2D eigenvalue weighted by atomic mass is 32.2. The lowest BCUT2D eigenvalue weighted by molar-refractivity contribution is -0.114. The Balaban J connectivity index is 1.18. The number of rotatable bonds is 9. The average Bonchev–Trinajstić information content (AvgIpc) is 3.01. The summed E-state index contributed by atoms with van der Waals surface area (Å²) >= 11 is 1.37. The first-order valence-corrected chi connectivity index (χ1v) is 13.9. The van der Waals surface area contributed by atoms with Crippen molar-refractivity contribution in [1.82, 2.24) is 5.32 Å². The van der Waals surface area contributed by atoms with Gasteiger partial charge in [-0.3, -0.25) is 14.4 Å². The fourth-order valence-electron chi connectivity index (χ4n) is 3.96. The number of hydrogen-bond donors (Lipinski definition) is 3. The molecule has 0 atom stereocenters. The number of hydrogen-bond acceptors (Lipinski definition) is 6. The van der Waals surface area contributed by atoms with Gasteiger partial charge in [-0.25, -0.2) is 0 Å². The van der Waals surface area contributed by atoms with Gasteiger partial charge in [0.05, 0.1) is 5.75 Å². The van der Waals surface area contributed by atoms with Crippen LogP contribution in [0.15, 0.2) is 114 Å². The van der Waals surface area contributed by atoms with Crippen LogP contribution in [0.5, 0.6) is 11.5 Å². The van der Waals surface area contributed by atoms with Gasteiger partial charge in [0.2, 0.25) is 5.91 Å². The summed E-state index contributed by atoms with van der Waals surface area (Å²) in [6.07, 6.45) is 1.63. The van der Waals surface area contributed by atoms with Gasteiger partial charge in [-0.05, 0) is 60.2 Å². The molecule has 0 unspecified atom stereocenters. The maximum absolute atomic E-state index is 13.2. The van der Waals surface area contributed by atoms with Crippen LogP contribution in [0.1, 0.15) is 15.9 Å². The molecular formula is C32H27N3O5S. The molecule has 4 aromatic rings. The van der Waals surface area contributed by atoms with Gasteiger partial charge in [0.1, 0.15) is 18.9 Å². The van der Waals surface area contributed by atoms with Crippen molar-refractivity contribution in [3.63, 3.8) is 0 Å². The number of anilines is 2. The van der Waals surface area contributed by atoms with E-state index in [0.717, 1.165) is 10.5 Å². The van der Waals surface area contributed by atoms with E-state index in [0.29, 0.717) is 41.7 Å². The molecule has 4 aromatic carbocycles. The van der Waals surface area contributed by atoms with Gasteiger partial charge in [-0.2, -0.15) is 0 Å². The molecule has 1 heterocycles. The van der Waals surface area contributed by atoms with Crippen molar-refractivity contribution in [2.24, 2.45) is 0 Å². The highest BCUT2D eigenvalue weighted by Gasteiger charge is 2.16. The second kappa shape index (κ2) is 13.4. The Morgan fingerprint density at radius 1 is 0.732 bits per heavy atom. The molecule has 9 heteroatoms. The standard InChI is InChI=1S/C32H27N3O5S/c36-30(33-25-13-16-28-29(20-25)40-18-17-39-28)21-41-26-14-11-24(12-15-26)34-32(38)27(19-22-7-3-1-4-8-22)35-31(37)23-9-5-2-6-10-23/h1-16,19-20H,17-18,21H2,(H,33,36)(H,34,38)(H,35,37). The van der Waals surface area contributed by atoms with E-state index in [4.69, 9.17) is 9.47 Å². The van der Waals surface area contributed by atoms with E-state index in [1.165, 1.54) is 11.8 Å². The number of fused-ring (bicyclic) bond motifs is 1. The molecule has 0 saturated heterocycles. The molecule has 8 nitrogen and oxygen atoms in total. The zero-order valence-electron chi connectivity index (χ0n) is 22.0. The Morgan fingerprint density at radius 2 is 1.39 bits per heavy atom. The van der Waals surface area contributed by atoms with Crippen molar-refractivity contribution in [2.75, 3.05) is 29.6 Å². The number of ether oxygens (including phenoxy) is 2. The van der Waals surface area contributed by atoms with Crippen LogP contribution in [-0.4, -0.2) is 36.7 Å². The summed E-state index contributed by atoms with van der Waals surface area (Å²) in [6.45, 7) is 0.984. The smallest absolute Gasteiger partial charge is 0.272 e. The molecule has 3 amide bonds. The minimum absolute atomic E-state index is 0.110. The molecule has 0 fully saturated rings. The van der Waals surface area contributed by atoms with E-state index in [2.05, 4.69) is 16.0 Å². The number of thioether (sulfide) groups is 1. The van der Waals surface area contributed by atoms with E-state index in [-0.39, 0.29) is 23.3 Å². The molecule has 3 N–H and O–H groups in total. The van der Waals surface area contributed by atoms with Crippen molar-refractivity contribution < 1.29 is 23.9 Å². The van der Waals surface area contributed by atoms with Crippen LogP contribution in [0.3, 0.4) is 0 Å². The lowest BCUT2D eigenvalue weighted by Gasteiger charge is -2.19. The third kappa shape index (κ3) is 7.77. The summed E-state index contributed by atoms with van der Waals surface area (Å²) < 4.78 is 11.1. The predicted molar refractivity (Wildman–Crippen MR) is 160 cm³/mol. The minimum Gasteiger partial charge on any atom is -0.486 e. The first kappa shape index (κ1) is 27.5. The van der Waals surface area contributed by atoms with Crippen LogP contribution in [0, 0.1) is 0 Å². The number of amides is 3. The van der Waals surface area contributed by atoms with E-state index in [9.17, 15) is 14.4 Å². The predicted octanol–water partition coefficient (Wildman–Crippen LogP) is 5.60. The summed E-state index contributed by atoms with van der Waals surface area (Å²) in [5, 5.41) is 8.43. The summed E-state index contributed by atoms with van der Waals surface area (Å²) in [7, 11) is 0. The maximum atomic E-state index is 13.2. The number of carbonyl (C=O) groups excluding carboxylic acids is 3. The first-order valence-electron chi connectivity index (χ1n) is 12.9. The Morgan fingerprint density at radius 3 is 2.12 bits per heavy atom.